The van der Waals surface area contributed by atoms with Crippen LogP contribution in [0.25, 0.3) is 0 Å². The molecule has 3 nitrogen and oxygen atoms in total. The molecule has 1 fully saturated rings. The Hall–Kier alpha value is -2.91. The second kappa shape index (κ2) is 6.36. The fourth-order valence-corrected chi connectivity index (χ4v) is 4.48. The molecule has 2 atom stereocenters. The number of nitrogens with zero attached hydrogens (tertiary/aromatic N) is 1. The van der Waals surface area contributed by atoms with Crippen molar-refractivity contribution in [2.75, 3.05) is 6.61 Å². The topological polar surface area (TPSA) is 29.5 Å². The Labute approximate surface area is 159 Å². The van der Waals surface area contributed by atoms with Gasteiger partial charge in [0.05, 0.1) is 19.1 Å². The van der Waals surface area contributed by atoms with Crippen LogP contribution in [-0.4, -0.2) is 17.4 Å². The Morgan fingerprint density at radius 3 is 2.19 bits per heavy atom. The van der Waals surface area contributed by atoms with Crippen molar-refractivity contribution in [1.29, 1.82) is 0 Å². The Bertz CT molecular complexity index is 970. The number of hydrogen-bond donors (Lipinski definition) is 0. The van der Waals surface area contributed by atoms with Gasteiger partial charge in [-0.3, -0.25) is 4.79 Å². The average Bonchev–Trinajstić information content (AvgIpc) is 3.05. The molecular formula is C24H21NO2. The highest BCUT2D eigenvalue weighted by Crippen LogP contribution is 2.47. The average molecular weight is 355 g/mol. The van der Waals surface area contributed by atoms with Crippen LogP contribution in [0.2, 0.25) is 0 Å². The normalized spacial score (nSPS) is 24.2. The van der Waals surface area contributed by atoms with Gasteiger partial charge < -0.3 is 9.64 Å². The number of benzene rings is 3. The maximum absolute atomic E-state index is 13.5. The molecule has 3 aromatic rings. The minimum Gasteiger partial charge on any atom is -0.348 e. The van der Waals surface area contributed by atoms with E-state index in [1.54, 1.807) is 0 Å². The summed E-state index contributed by atoms with van der Waals surface area (Å²) in [6.45, 7) is 0.507. The molecule has 0 aromatic heterocycles. The minimum atomic E-state index is -0.758. The highest BCUT2D eigenvalue weighted by molar-refractivity contribution is 5.82. The van der Waals surface area contributed by atoms with Crippen LogP contribution in [0.5, 0.6) is 0 Å². The summed E-state index contributed by atoms with van der Waals surface area (Å²) in [5.41, 5.74) is 3.68. The first-order chi connectivity index (χ1) is 13.3. The van der Waals surface area contributed by atoms with Gasteiger partial charge in [0.25, 0.3) is 0 Å². The Kier molecular flexibility index (Phi) is 3.83. The van der Waals surface area contributed by atoms with Gasteiger partial charge in [-0.05, 0) is 16.7 Å². The summed E-state index contributed by atoms with van der Waals surface area (Å²) < 4.78 is 6.51. The third-order valence-corrected chi connectivity index (χ3v) is 5.75. The largest absolute Gasteiger partial charge is 0.348 e. The van der Waals surface area contributed by atoms with Gasteiger partial charge in [-0.2, -0.15) is 0 Å². The summed E-state index contributed by atoms with van der Waals surface area (Å²) in [6.07, 6.45) is 1.08. The molecule has 27 heavy (non-hydrogen) atoms. The van der Waals surface area contributed by atoms with E-state index in [-0.39, 0.29) is 11.9 Å². The van der Waals surface area contributed by atoms with Crippen LogP contribution < -0.4 is 0 Å². The minimum absolute atomic E-state index is 0.0757. The molecule has 0 bridgehead atoms. The Morgan fingerprint density at radius 2 is 1.44 bits per heavy atom. The van der Waals surface area contributed by atoms with Gasteiger partial charge in [0, 0.05) is 12.0 Å². The molecule has 0 saturated carbocycles. The molecule has 0 aliphatic carbocycles. The van der Waals surface area contributed by atoms with E-state index < -0.39 is 5.72 Å². The van der Waals surface area contributed by atoms with Crippen LogP contribution >= 0.6 is 0 Å². The summed E-state index contributed by atoms with van der Waals surface area (Å²) in [4.78, 5) is 15.5. The summed E-state index contributed by atoms with van der Waals surface area (Å²) >= 11 is 0. The van der Waals surface area contributed by atoms with E-state index >= 15 is 0 Å². The lowest BCUT2D eigenvalue weighted by Crippen LogP contribution is -2.47. The van der Waals surface area contributed by atoms with E-state index in [9.17, 15) is 4.79 Å². The van der Waals surface area contributed by atoms with Gasteiger partial charge in [-0.25, -0.2) is 0 Å². The van der Waals surface area contributed by atoms with Crippen molar-refractivity contribution >= 4 is 5.91 Å². The van der Waals surface area contributed by atoms with E-state index in [4.69, 9.17) is 4.74 Å². The van der Waals surface area contributed by atoms with Gasteiger partial charge in [0.15, 0.2) is 5.72 Å². The number of hydrogen-bond acceptors (Lipinski definition) is 2. The third-order valence-electron chi connectivity index (χ3n) is 5.75. The van der Waals surface area contributed by atoms with Crippen LogP contribution in [0.4, 0.5) is 0 Å². The molecule has 0 N–H and O–H groups in total. The van der Waals surface area contributed by atoms with E-state index in [2.05, 4.69) is 36.4 Å². The third kappa shape index (κ3) is 2.58. The molecule has 5 rings (SSSR count). The summed E-state index contributed by atoms with van der Waals surface area (Å²) in [5.74, 6) is 0.121. The highest BCUT2D eigenvalue weighted by atomic mass is 16.5. The molecule has 134 valence electrons. The molecule has 2 aliphatic heterocycles. The lowest BCUT2D eigenvalue weighted by Gasteiger charge is -2.38. The molecule has 2 aliphatic rings. The molecule has 3 heteroatoms. The number of amides is 1. The Morgan fingerprint density at radius 1 is 0.815 bits per heavy atom. The second-order valence-corrected chi connectivity index (χ2v) is 7.27. The number of carbonyl (C=O) groups excluding carboxylic acids is 1. The van der Waals surface area contributed by atoms with Crippen molar-refractivity contribution in [3.05, 3.63) is 107 Å². The maximum atomic E-state index is 13.5. The zero-order valence-corrected chi connectivity index (χ0v) is 15.0. The van der Waals surface area contributed by atoms with Crippen LogP contribution in [0.3, 0.4) is 0 Å². The molecule has 2 heterocycles. The van der Waals surface area contributed by atoms with E-state index in [1.165, 1.54) is 5.56 Å². The molecular weight excluding hydrogens is 334 g/mol. The number of ether oxygens (including phenoxy) is 1. The monoisotopic (exact) mass is 355 g/mol. The van der Waals surface area contributed by atoms with Gasteiger partial charge >= 0.3 is 0 Å². The Balaban J connectivity index is 1.69. The van der Waals surface area contributed by atoms with Crippen molar-refractivity contribution in [3.63, 3.8) is 0 Å². The first kappa shape index (κ1) is 16.3. The van der Waals surface area contributed by atoms with Crippen LogP contribution in [-0.2, 0) is 28.1 Å². The maximum Gasteiger partial charge on any atom is 0.230 e. The van der Waals surface area contributed by atoms with E-state index in [0.29, 0.717) is 19.4 Å². The number of carbonyl (C=O) groups is 1. The van der Waals surface area contributed by atoms with Crippen LogP contribution in [0.1, 0.15) is 28.3 Å². The highest BCUT2D eigenvalue weighted by Gasteiger charge is 2.53. The fourth-order valence-electron chi connectivity index (χ4n) is 4.48. The molecule has 0 unspecified atom stereocenters. The molecule has 1 amide bonds. The zero-order chi connectivity index (χ0) is 18.3. The van der Waals surface area contributed by atoms with Crippen molar-refractivity contribution in [2.45, 2.75) is 24.6 Å². The van der Waals surface area contributed by atoms with Crippen molar-refractivity contribution in [1.82, 2.24) is 4.90 Å². The van der Waals surface area contributed by atoms with Crippen molar-refractivity contribution in [2.24, 2.45) is 0 Å². The summed E-state index contributed by atoms with van der Waals surface area (Å²) in [5, 5.41) is 0. The standard InChI is InChI=1S/C24H21NO2/c26-23-15-19-11-7-8-12-20(19)16-24(21-13-5-2-6-14-21)25(23)22(17-27-24)18-9-3-1-4-10-18/h1-14,22H,15-17H2/t22-,24+/m1/s1. The lowest BCUT2D eigenvalue weighted by atomic mass is 9.92. The van der Waals surface area contributed by atoms with E-state index in [0.717, 1.165) is 16.7 Å². The fraction of sp³-hybridized carbons (Fsp3) is 0.208. The van der Waals surface area contributed by atoms with Crippen LogP contribution in [0.15, 0.2) is 84.9 Å². The summed E-state index contributed by atoms with van der Waals surface area (Å²) in [7, 11) is 0. The number of rotatable bonds is 2. The van der Waals surface area contributed by atoms with Gasteiger partial charge in [-0.15, -0.1) is 0 Å². The van der Waals surface area contributed by atoms with Gasteiger partial charge in [0.1, 0.15) is 0 Å². The van der Waals surface area contributed by atoms with Gasteiger partial charge in [-0.1, -0.05) is 84.9 Å². The zero-order valence-electron chi connectivity index (χ0n) is 15.0. The quantitative estimate of drug-likeness (QED) is 0.688. The molecule has 0 spiro atoms. The number of fused-ring (bicyclic) bond motifs is 2. The van der Waals surface area contributed by atoms with E-state index in [1.807, 2.05) is 53.4 Å². The van der Waals surface area contributed by atoms with Crippen molar-refractivity contribution in [3.8, 4) is 0 Å². The van der Waals surface area contributed by atoms with Gasteiger partial charge in [0.2, 0.25) is 5.91 Å². The molecule has 3 aromatic carbocycles. The predicted molar refractivity (Wildman–Crippen MR) is 104 cm³/mol. The smallest absolute Gasteiger partial charge is 0.230 e. The van der Waals surface area contributed by atoms with Crippen LogP contribution in [0, 0.1) is 0 Å². The molecule has 0 radical (unpaired) electrons. The summed E-state index contributed by atoms with van der Waals surface area (Å²) in [6, 6.07) is 28.5. The second-order valence-electron chi connectivity index (χ2n) is 7.27. The predicted octanol–water partition coefficient (Wildman–Crippen LogP) is 4.24. The first-order valence-electron chi connectivity index (χ1n) is 9.41. The first-order valence-corrected chi connectivity index (χ1v) is 9.41. The van der Waals surface area contributed by atoms with Crippen molar-refractivity contribution < 1.29 is 9.53 Å². The lowest BCUT2D eigenvalue weighted by molar-refractivity contribution is -0.152. The molecule has 1 saturated heterocycles. The SMILES string of the molecule is O=C1Cc2ccccc2C[C@@]2(c3ccccc3)OC[C@H](c3ccccc3)N12.